The summed E-state index contributed by atoms with van der Waals surface area (Å²) in [7, 11) is 0. The van der Waals surface area contributed by atoms with E-state index in [1.54, 1.807) is 30.3 Å². The Morgan fingerprint density at radius 3 is 2.95 bits per heavy atom. The molecule has 0 aromatic heterocycles. The van der Waals surface area contributed by atoms with E-state index in [1.165, 1.54) is 6.08 Å². The molecule has 0 bridgehead atoms. The highest BCUT2D eigenvalue weighted by molar-refractivity contribution is 9.10. The second kappa shape index (κ2) is 5.22. The van der Waals surface area contributed by atoms with Gasteiger partial charge in [0.2, 0.25) is 6.29 Å². The molecule has 102 valence electrons. The highest BCUT2D eigenvalue weighted by Crippen LogP contribution is 2.29. The van der Waals surface area contributed by atoms with E-state index in [9.17, 15) is 9.59 Å². The van der Waals surface area contributed by atoms with Crippen molar-refractivity contribution < 1.29 is 23.8 Å². The lowest BCUT2D eigenvalue weighted by atomic mass is 10.1. The summed E-state index contributed by atoms with van der Waals surface area (Å²) in [6, 6.07) is 6.91. The molecule has 1 aromatic carbocycles. The number of ether oxygens (including phenoxy) is 3. The quantitative estimate of drug-likeness (QED) is 0.775. The number of fused-ring (bicyclic) bond motifs is 1. The Labute approximate surface area is 122 Å². The lowest BCUT2D eigenvalue weighted by Crippen LogP contribution is -2.27. The first-order valence-electron chi connectivity index (χ1n) is 5.86. The van der Waals surface area contributed by atoms with Crippen LogP contribution in [0.15, 0.2) is 52.2 Å². The van der Waals surface area contributed by atoms with Crippen LogP contribution in [0.25, 0.3) is 0 Å². The molecule has 0 saturated heterocycles. The summed E-state index contributed by atoms with van der Waals surface area (Å²) >= 11 is 3.28. The fourth-order valence-corrected chi connectivity index (χ4v) is 2.37. The van der Waals surface area contributed by atoms with Gasteiger partial charge in [0, 0.05) is 10.5 Å². The number of carbonyl (C=O) groups excluding carboxylic acids is 2. The maximum absolute atomic E-state index is 12.1. The predicted molar refractivity (Wildman–Crippen MR) is 71.6 cm³/mol. The van der Waals surface area contributed by atoms with Crippen molar-refractivity contribution in [3.63, 3.8) is 0 Å². The van der Waals surface area contributed by atoms with Crippen molar-refractivity contribution >= 4 is 27.9 Å². The summed E-state index contributed by atoms with van der Waals surface area (Å²) in [5.74, 6) is -0.631. The number of hydrogen-bond donors (Lipinski definition) is 0. The van der Waals surface area contributed by atoms with Crippen LogP contribution in [-0.4, -0.2) is 24.8 Å². The van der Waals surface area contributed by atoms with Crippen molar-refractivity contribution in [2.45, 2.75) is 6.29 Å². The molecule has 20 heavy (non-hydrogen) atoms. The van der Waals surface area contributed by atoms with E-state index in [1.807, 2.05) is 0 Å². The van der Waals surface area contributed by atoms with Crippen LogP contribution in [0.4, 0.5) is 0 Å². The lowest BCUT2D eigenvalue weighted by Gasteiger charge is -2.22. The van der Waals surface area contributed by atoms with Crippen LogP contribution < -0.4 is 0 Å². The molecule has 6 heteroatoms. The van der Waals surface area contributed by atoms with Crippen LogP contribution in [0.1, 0.15) is 10.4 Å². The van der Waals surface area contributed by atoms with E-state index in [2.05, 4.69) is 15.9 Å². The second-order valence-electron chi connectivity index (χ2n) is 4.14. The Morgan fingerprint density at radius 1 is 1.35 bits per heavy atom. The molecule has 1 aromatic rings. The number of carbonyl (C=O) groups is 2. The number of benzene rings is 1. The van der Waals surface area contributed by atoms with Crippen molar-refractivity contribution in [2.24, 2.45) is 0 Å². The molecule has 2 aliphatic rings. The molecule has 0 aliphatic carbocycles. The molecular weight excluding hydrogens is 328 g/mol. The van der Waals surface area contributed by atoms with E-state index in [4.69, 9.17) is 14.2 Å². The topological polar surface area (TPSA) is 61.8 Å². The summed E-state index contributed by atoms with van der Waals surface area (Å²) in [6.45, 7) is 0.216. The van der Waals surface area contributed by atoms with E-state index in [0.29, 0.717) is 21.4 Å². The molecule has 2 aliphatic heterocycles. The van der Waals surface area contributed by atoms with Crippen LogP contribution in [-0.2, 0) is 19.0 Å². The van der Waals surface area contributed by atoms with Crippen molar-refractivity contribution in [1.82, 2.24) is 0 Å². The standard InChI is InChI=1S/C14H9BrO5/c15-10-4-2-1-3-8(10)13(17)20-14-9-7-12(16)19-11(9)5-6-18-14/h1-5,7,14H,6H2. The Morgan fingerprint density at radius 2 is 2.15 bits per heavy atom. The molecule has 0 spiro atoms. The van der Waals surface area contributed by atoms with Gasteiger partial charge in [-0.2, -0.15) is 0 Å². The van der Waals surface area contributed by atoms with Gasteiger partial charge < -0.3 is 14.2 Å². The molecule has 0 radical (unpaired) electrons. The SMILES string of the molecule is O=C1C=C2C(=CCOC2OC(=O)c2ccccc2Br)O1. The molecule has 1 unspecified atom stereocenters. The van der Waals surface area contributed by atoms with Gasteiger partial charge in [-0.05, 0) is 34.1 Å². The third-order valence-electron chi connectivity index (χ3n) is 2.85. The van der Waals surface area contributed by atoms with Crippen LogP contribution in [0, 0.1) is 0 Å². The minimum absolute atomic E-state index is 0.216. The highest BCUT2D eigenvalue weighted by Gasteiger charge is 2.33. The first kappa shape index (κ1) is 13.1. The Hall–Kier alpha value is -1.92. The van der Waals surface area contributed by atoms with E-state index >= 15 is 0 Å². The lowest BCUT2D eigenvalue weighted by molar-refractivity contribution is -0.132. The molecule has 3 rings (SSSR count). The summed E-state index contributed by atoms with van der Waals surface area (Å²) in [5.41, 5.74) is 0.819. The fourth-order valence-electron chi connectivity index (χ4n) is 1.92. The van der Waals surface area contributed by atoms with E-state index in [-0.39, 0.29) is 6.61 Å². The second-order valence-corrected chi connectivity index (χ2v) is 4.99. The number of halogens is 1. The Kier molecular flexibility index (Phi) is 3.42. The van der Waals surface area contributed by atoms with E-state index < -0.39 is 18.2 Å². The molecule has 1 atom stereocenters. The molecule has 2 heterocycles. The molecule has 0 N–H and O–H groups in total. The first-order chi connectivity index (χ1) is 9.65. The van der Waals surface area contributed by atoms with Crippen LogP contribution in [0.3, 0.4) is 0 Å². The minimum Gasteiger partial charge on any atom is -0.427 e. The van der Waals surface area contributed by atoms with Gasteiger partial charge in [0.05, 0.1) is 17.7 Å². The zero-order chi connectivity index (χ0) is 14.1. The van der Waals surface area contributed by atoms with Crippen molar-refractivity contribution in [2.75, 3.05) is 6.61 Å². The number of rotatable bonds is 2. The van der Waals surface area contributed by atoms with Gasteiger partial charge in [-0.15, -0.1) is 0 Å². The van der Waals surface area contributed by atoms with Gasteiger partial charge in [0.15, 0.2) is 0 Å². The van der Waals surface area contributed by atoms with Crippen molar-refractivity contribution in [3.05, 3.63) is 57.8 Å². The zero-order valence-electron chi connectivity index (χ0n) is 10.2. The third kappa shape index (κ3) is 2.39. The zero-order valence-corrected chi connectivity index (χ0v) is 11.8. The van der Waals surface area contributed by atoms with Gasteiger partial charge in [-0.25, -0.2) is 9.59 Å². The third-order valence-corrected chi connectivity index (χ3v) is 3.54. The average molecular weight is 337 g/mol. The van der Waals surface area contributed by atoms with Gasteiger partial charge in [0.1, 0.15) is 5.76 Å². The fraction of sp³-hybridized carbons (Fsp3) is 0.143. The van der Waals surface area contributed by atoms with Gasteiger partial charge in [-0.1, -0.05) is 12.1 Å². The summed E-state index contributed by atoms with van der Waals surface area (Å²) < 4.78 is 16.2. The summed E-state index contributed by atoms with van der Waals surface area (Å²) in [4.78, 5) is 23.3. The maximum atomic E-state index is 12.1. The van der Waals surface area contributed by atoms with Gasteiger partial charge >= 0.3 is 11.9 Å². The number of hydrogen-bond acceptors (Lipinski definition) is 5. The van der Waals surface area contributed by atoms with Gasteiger partial charge in [0.25, 0.3) is 0 Å². The first-order valence-corrected chi connectivity index (χ1v) is 6.65. The molecule has 0 saturated carbocycles. The Bertz CT molecular complexity index is 647. The van der Waals surface area contributed by atoms with Crippen LogP contribution in [0.2, 0.25) is 0 Å². The average Bonchev–Trinajstić information content (AvgIpc) is 2.80. The summed E-state index contributed by atoms with van der Waals surface area (Å²) in [5, 5.41) is 0. The minimum atomic E-state index is -0.930. The van der Waals surface area contributed by atoms with E-state index in [0.717, 1.165) is 0 Å². The number of esters is 2. The normalized spacial score (nSPS) is 20.6. The predicted octanol–water partition coefficient (Wildman–Crippen LogP) is 2.33. The van der Waals surface area contributed by atoms with Gasteiger partial charge in [-0.3, -0.25) is 0 Å². The highest BCUT2D eigenvalue weighted by atomic mass is 79.9. The largest absolute Gasteiger partial charge is 0.427 e. The van der Waals surface area contributed by atoms with Crippen molar-refractivity contribution in [3.8, 4) is 0 Å². The molecule has 5 nitrogen and oxygen atoms in total. The van der Waals surface area contributed by atoms with Crippen LogP contribution in [0.5, 0.6) is 0 Å². The molecular formula is C14H9BrO5. The maximum Gasteiger partial charge on any atom is 0.341 e. The molecule has 0 fully saturated rings. The van der Waals surface area contributed by atoms with Crippen LogP contribution >= 0.6 is 15.9 Å². The Balaban J connectivity index is 1.80. The summed E-state index contributed by atoms with van der Waals surface area (Å²) in [6.07, 6.45) is 1.96. The smallest absolute Gasteiger partial charge is 0.341 e. The molecule has 0 amide bonds. The monoisotopic (exact) mass is 336 g/mol. The van der Waals surface area contributed by atoms with Crippen molar-refractivity contribution in [1.29, 1.82) is 0 Å².